The van der Waals surface area contributed by atoms with Crippen LogP contribution in [0.1, 0.15) is 25.3 Å². The number of hydrogen-bond acceptors (Lipinski definition) is 5. The van der Waals surface area contributed by atoms with Gasteiger partial charge in [0.15, 0.2) is 0 Å². The normalized spacial score (nSPS) is 18.2. The van der Waals surface area contributed by atoms with Crippen LogP contribution >= 0.6 is 24.0 Å². The average Bonchev–Trinajstić information content (AvgIpc) is 2.42. The molecule has 1 aromatic carbocycles. The Kier molecular flexibility index (Phi) is 5.19. The van der Waals surface area contributed by atoms with Gasteiger partial charge in [-0.3, -0.25) is 14.9 Å². The summed E-state index contributed by atoms with van der Waals surface area (Å²) in [6.07, 6.45) is 0.793. The molecular weight excluding hydrogens is 306 g/mol. The molecule has 0 aromatic heterocycles. The Balaban J connectivity index is 2.27. The van der Waals surface area contributed by atoms with E-state index >= 15 is 0 Å². The summed E-state index contributed by atoms with van der Waals surface area (Å²) < 4.78 is 0. The first-order valence-corrected chi connectivity index (χ1v) is 8.08. The van der Waals surface area contributed by atoms with Crippen LogP contribution in [0.15, 0.2) is 23.1 Å². The number of carbonyl (C=O) groups is 2. The number of anilines is 1. The summed E-state index contributed by atoms with van der Waals surface area (Å²) in [7, 11) is 0. The van der Waals surface area contributed by atoms with Crippen LogP contribution in [0, 0.1) is 0 Å². The summed E-state index contributed by atoms with van der Waals surface area (Å²) in [4.78, 5) is 24.3. The molecule has 7 heteroatoms. The molecule has 1 unspecified atom stereocenters. The molecule has 0 spiro atoms. The fraction of sp³-hybridized carbons (Fsp3) is 0.357. The van der Waals surface area contributed by atoms with Crippen LogP contribution in [0.25, 0.3) is 0 Å². The van der Waals surface area contributed by atoms with Crippen molar-refractivity contribution in [3.63, 3.8) is 0 Å². The van der Waals surface area contributed by atoms with Gasteiger partial charge in [-0.1, -0.05) is 25.2 Å². The van der Waals surface area contributed by atoms with Gasteiger partial charge >= 0.3 is 0 Å². The maximum Gasteiger partial charge on any atom is 0.249 e. The number of thioether (sulfide) groups is 1. The molecule has 21 heavy (non-hydrogen) atoms. The molecule has 0 radical (unpaired) electrons. The first-order valence-electron chi connectivity index (χ1n) is 6.68. The summed E-state index contributed by atoms with van der Waals surface area (Å²) in [6.45, 7) is 2.05. The van der Waals surface area contributed by atoms with Crippen molar-refractivity contribution < 1.29 is 9.59 Å². The maximum atomic E-state index is 11.8. The Hall–Kier alpha value is -1.60. The lowest BCUT2D eigenvalue weighted by atomic mass is 10.0. The third-order valence-corrected chi connectivity index (χ3v) is 4.29. The maximum absolute atomic E-state index is 11.8. The van der Waals surface area contributed by atoms with Crippen molar-refractivity contribution in [1.29, 1.82) is 0 Å². The molecule has 5 nitrogen and oxygen atoms in total. The van der Waals surface area contributed by atoms with Crippen LogP contribution < -0.4 is 16.4 Å². The molecule has 0 saturated carbocycles. The number of amides is 2. The highest BCUT2D eigenvalue weighted by atomic mass is 32.2. The fourth-order valence-electron chi connectivity index (χ4n) is 2.20. The molecule has 1 aliphatic heterocycles. The number of imide groups is 1. The molecule has 4 N–H and O–H groups in total. The lowest BCUT2D eigenvalue weighted by molar-refractivity contribution is -0.133. The van der Waals surface area contributed by atoms with Gasteiger partial charge in [-0.2, -0.15) is 0 Å². The fourth-order valence-corrected chi connectivity index (χ4v) is 3.33. The molecule has 0 aliphatic carbocycles. The molecule has 1 saturated heterocycles. The van der Waals surface area contributed by atoms with Crippen LogP contribution in [-0.4, -0.2) is 28.6 Å². The standard InChI is InChI=1S/C14H17N3O2S2/c1-2-21-10-5-3-4-8(12(10)13(15)20)16-9-6-7-11(18)17-14(9)19/h3-5,9,16H,2,6-7H2,1H3,(H2,15,20)(H,17,18,19). The minimum absolute atomic E-state index is 0.233. The smallest absolute Gasteiger partial charge is 0.249 e. The lowest BCUT2D eigenvalue weighted by Gasteiger charge is -2.24. The second-order valence-electron chi connectivity index (χ2n) is 4.62. The summed E-state index contributed by atoms with van der Waals surface area (Å²) in [5.74, 6) is 0.355. The van der Waals surface area contributed by atoms with E-state index in [1.807, 2.05) is 25.1 Å². The summed E-state index contributed by atoms with van der Waals surface area (Å²) in [6, 6.07) is 5.25. The number of rotatable bonds is 5. The highest BCUT2D eigenvalue weighted by Crippen LogP contribution is 2.29. The Morgan fingerprint density at radius 1 is 1.52 bits per heavy atom. The van der Waals surface area contributed by atoms with Crippen LogP contribution in [0.2, 0.25) is 0 Å². The second-order valence-corrected chi connectivity index (χ2v) is 6.37. The number of hydrogen-bond donors (Lipinski definition) is 3. The highest BCUT2D eigenvalue weighted by molar-refractivity contribution is 7.99. The summed E-state index contributed by atoms with van der Waals surface area (Å²) in [5.41, 5.74) is 7.32. The van der Waals surface area contributed by atoms with Gasteiger partial charge in [0, 0.05) is 22.6 Å². The van der Waals surface area contributed by atoms with Crippen molar-refractivity contribution in [2.45, 2.75) is 30.7 Å². The Morgan fingerprint density at radius 3 is 2.90 bits per heavy atom. The summed E-state index contributed by atoms with van der Waals surface area (Å²) >= 11 is 6.78. The molecule has 112 valence electrons. The van der Waals surface area contributed by atoms with Crippen LogP contribution in [0.3, 0.4) is 0 Å². The molecule has 1 fully saturated rings. The zero-order chi connectivity index (χ0) is 15.4. The minimum Gasteiger partial charge on any atom is -0.389 e. The van der Waals surface area contributed by atoms with Gasteiger partial charge in [0.05, 0.1) is 0 Å². The van der Waals surface area contributed by atoms with Gasteiger partial charge in [-0.15, -0.1) is 11.8 Å². The van der Waals surface area contributed by atoms with Crippen LogP contribution in [0.4, 0.5) is 5.69 Å². The topological polar surface area (TPSA) is 84.2 Å². The third-order valence-electron chi connectivity index (χ3n) is 3.14. The SMILES string of the molecule is CCSc1cccc(NC2CCC(=O)NC2=O)c1C(N)=S. The first kappa shape index (κ1) is 15.8. The largest absolute Gasteiger partial charge is 0.389 e. The van der Waals surface area contributed by atoms with Crippen LogP contribution in [0.5, 0.6) is 0 Å². The Bertz CT molecular complexity index is 590. The zero-order valence-electron chi connectivity index (χ0n) is 11.6. The quantitative estimate of drug-likeness (QED) is 0.434. The Morgan fingerprint density at radius 2 is 2.29 bits per heavy atom. The predicted octanol–water partition coefficient (Wildman–Crippen LogP) is 1.65. The molecular formula is C14H17N3O2S2. The van der Waals surface area contributed by atoms with Crippen molar-refractivity contribution in [2.24, 2.45) is 5.73 Å². The Labute approximate surface area is 133 Å². The van der Waals surface area contributed by atoms with Crippen molar-refractivity contribution in [3.8, 4) is 0 Å². The van der Waals surface area contributed by atoms with E-state index in [1.165, 1.54) is 0 Å². The third kappa shape index (κ3) is 3.74. The second kappa shape index (κ2) is 6.91. The average molecular weight is 323 g/mol. The van der Waals surface area contributed by atoms with Gasteiger partial charge in [0.25, 0.3) is 0 Å². The van der Waals surface area contributed by atoms with E-state index < -0.39 is 6.04 Å². The molecule has 2 rings (SSSR count). The van der Waals surface area contributed by atoms with Crippen LogP contribution in [-0.2, 0) is 9.59 Å². The van der Waals surface area contributed by atoms with Gasteiger partial charge < -0.3 is 11.1 Å². The number of carbonyl (C=O) groups excluding carboxylic acids is 2. The van der Waals surface area contributed by atoms with Crippen molar-refractivity contribution in [3.05, 3.63) is 23.8 Å². The molecule has 1 aliphatic rings. The van der Waals surface area contributed by atoms with Crippen molar-refractivity contribution in [2.75, 3.05) is 11.1 Å². The zero-order valence-corrected chi connectivity index (χ0v) is 13.3. The molecule has 0 bridgehead atoms. The number of nitrogens with two attached hydrogens (primary N) is 1. The lowest BCUT2D eigenvalue weighted by Crippen LogP contribution is -2.47. The van der Waals surface area contributed by atoms with Gasteiger partial charge in [-0.05, 0) is 24.3 Å². The highest BCUT2D eigenvalue weighted by Gasteiger charge is 2.27. The summed E-state index contributed by atoms with van der Waals surface area (Å²) in [5, 5.41) is 5.48. The molecule has 1 heterocycles. The predicted molar refractivity (Wildman–Crippen MR) is 88.5 cm³/mol. The van der Waals surface area contributed by atoms with E-state index in [0.29, 0.717) is 17.8 Å². The first-order chi connectivity index (χ1) is 10.0. The van der Waals surface area contributed by atoms with Gasteiger partial charge in [0.2, 0.25) is 11.8 Å². The van der Waals surface area contributed by atoms with E-state index in [0.717, 1.165) is 21.9 Å². The van der Waals surface area contributed by atoms with E-state index in [9.17, 15) is 9.59 Å². The monoisotopic (exact) mass is 323 g/mol. The van der Waals surface area contributed by atoms with E-state index in [1.54, 1.807) is 11.8 Å². The van der Waals surface area contributed by atoms with Gasteiger partial charge in [-0.25, -0.2) is 0 Å². The van der Waals surface area contributed by atoms with E-state index in [4.69, 9.17) is 18.0 Å². The number of nitrogens with one attached hydrogen (secondary N) is 2. The molecule has 1 aromatic rings. The van der Waals surface area contributed by atoms with Crippen molar-refractivity contribution in [1.82, 2.24) is 5.32 Å². The molecule has 1 atom stereocenters. The number of piperidine rings is 1. The number of benzene rings is 1. The minimum atomic E-state index is -0.447. The van der Waals surface area contributed by atoms with Gasteiger partial charge in [0.1, 0.15) is 11.0 Å². The number of thiocarbonyl (C=S) groups is 1. The van der Waals surface area contributed by atoms with E-state index in [2.05, 4.69) is 10.6 Å². The molecule has 2 amide bonds. The van der Waals surface area contributed by atoms with Crippen molar-refractivity contribution >= 4 is 46.5 Å². The van der Waals surface area contributed by atoms with E-state index in [-0.39, 0.29) is 11.8 Å².